The van der Waals surface area contributed by atoms with Crippen molar-refractivity contribution in [3.63, 3.8) is 0 Å². The second-order valence-electron chi connectivity index (χ2n) is 5.11. The first-order chi connectivity index (χ1) is 12.4. The molecule has 3 N–H and O–H groups in total. The van der Waals surface area contributed by atoms with Crippen molar-refractivity contribution in [2.24, 2.45) is 5.73 Å². The molecule has 0 radical (unpaired) electrons. The van der Waals surface area contributed by atoms with Crippen molar-refractivity contribution in [3.8, 4) is 6.07 Å². The van der Waals surface area contributed by atoms with Gasteiger partial charge >= 0.3 is 12.0 Å². The summed E-state index contributed by atoms with van der Waals surface area (Å²) in [6.45, 7) is 1.33. The Balaban J connectivity index is 2.20. The highest BCUT2D eigenvalue weighted by molar-refractivity contribution is 7.99. The number of amides is 3. The van der Waals surface area contributed by atoms with Gasteiger partial charge in [-0.15, -0.1) is 0 Å². The van der Waals surface area contributed by atoms with Gasteiger partial charge in [0.1, 0.15) is 6.07 Å². The van der Waals surface area contributed by atoms with E-state index in [9.17, 15) is 19.6 Å². The molecule has 26 heavy (non-hydrogen) atoms. The normalized spacial score (nSPS) is 11.1. The minimum atomic E-state index is -1.19. The molecule has 0 spiro atoms. The van der Waals surface area contributed by atoms with Gasteiger partial charge in [0.25, 0.3) is 5.91 Å². The number of imide groups is 1. The van der Waals surface area contributed by atoms with Crippen molar-refractivity contribution in [1.82, 2.24) is 5.32 Å². The number of esters is 1. The number of hydrogen-bond donors (Lipinski definition) is 2. The lowest BCUT2D eigenvalue weighted by Crippen LogP contribution is -2.42. The van der Waals surface area contributed by atoms with E-state index in [1.165, 1.54) is 18.7 Å². The Kier molecular flexibility index (Phi) is 6.36. The van der Waals surface area contributed by atoms with Crippen LogP contribution in [0.3, 0.4) is 0 Å². The first-order valence-electron chi connectivity index (χ1n) is 7.49. The molecule has 0 aliphatic heterocycles. The van der Waals surface area contributed by atoms with E-state index in [0.29, 0.717) is 15.4 Å². The lowest BCUT2D eigenvalue weighted by molar-refractivity contribution is -0.127. The summed E-state index contributed by atoms with van der Waals surface area (Å²) in [5.74, 6) is -1.54. The molecule has 2 aromatic rings. The summed E-state index contributed by atoms with van der Waals surface area (Å²) in [7, 11) is 0. The lowest BCUT2D eigenvalue weighted by Gasteiger charge is -2.14. The fourth-order valence-corrected chi connectivity index (χ4v) is 3.01. The van der Waals surface area contributed by atoms with Gasteiger partial charge in [0.15, 0.2) is 6.10 Å². The van der Waals surface area contributed by atoms with E-state index >= 15 is 0 Å². The number of primary amides is 1. The van der Waals surface area contributed by atoms with E-state index in [1.54, 1.807) is 48.5 Å². The Morgan fingerprint density at radius 1 is 1.12 bits per heavy atom. The number of nitrogens with two attached hydrogens (primary N) is 1. The van der Waals surface area contributed by atoms with Crippen LogP contribution in [0, 0.1) is 11.3 Å². The molecule has 0 fully saturated rings. The van der Waals surface area contributed by atoms with Gasteiger partial charge in [-0.05, 0) is 31.2 Å². The monoisotopic (exact) mass is 369 g/mol. The van der Waals surface area contributed by atoms with Gasteiger partial charge in [0.05, 0.1) is 11.1 Å². The molecular formula is C18H15N3O4S. The number of rotatable bonds is 5. The van der Waals surface area contributed by atoms with E-state index in [0.717, 1.165) is 0 Å². The first-order valence-corrected chi connectivity index (χ1v) is 8.31. The molecule has 0 heterocycles. The lowest BCUT2D eigenvalue weighted by atomic mass is 10.2. The predicted octanol–water partition coefficient (Wildman–Crippen LogP) is 2.45. The zero-order valence-corrected chi connectivity index (χ0v) is 14.6. The van der Waals surface area contributed by atoms with Gasteiger partial charge in [0.2, 0.25) is 0 Å². The molecule has 1 atom stereocenters. The Morgan fingerprint density at radius 3 is 2.38 bits per heavy atom. The van der Waals surface area contributed by atoms with Gasteiger partial charge in [-0.2, -0.15) is 5.26 Å². The number of benzene rings is 2. The Labute approximate surface area is 154 Å². The molecule has 0 aliphatic carbocycles. The summed E-state index contributed by atoms with van der Waals surface area (Å²) >= 11 is 1.24. The third-order valence-electron chi connectivity index (χ3n) is 3.23. The summed E-state index contributed by atoms with van der Waals surface area (Å²) < 4.78 is 5.10. The number of nitrogens with zero attached hydrogens (tertiary/aromatic N) is 1. The summed E-state index contributed by atoms with van der Waals surface area (Å²) in [6, 6.07) is 14.7. The molecule has 3 amide bonds. The van der Waals surface area contributed by atoms with Crippen LogP contribution < -0.4 is 11.1 Å². The Hall–Kier alpha value is -3.31. The molecule has 0 aliphatic rings. The number of carbonyl (C=O) groups is 3. The minimum absolute atomic E-state index is 0.240. The van der Waals surface area contributed by atoms with Crippen LogP contribution in [0.25, 0.3) is 0 Å². The Morgan fingerprint density at radius 2 is 1.73 bits per heavy atom. The minimum Gasteiger partial charge on any atom is -0.449 e. The summed E-state index contributed by atoms with van der Waals surface area (Å²) in [6.07, 6.45) is -1.19. The molecule has 7 nitrogen and oxygen atoms in total. The number of nitriles is 1. The summed E-state index contributed by atoms with van der Waals surface area (Å²) in [5, 5.41) is 11.0. The van der Waals surface area contributed by atoms with E-state index in [2.05, 4.69) is 6.07 Å². The first kappa shape index (κ1) is 19.0. The fraction of sp³-hybridized carbons (Fsp3) is 0.111. The molecule has 0 aromatic heterocycles. The largest absolute Gasteiger partial charge is 0.449 e. The van der Waals surface area contributed by atoms with E-state index in [1.807, 2.05) is 5.32 Å². The maximum absolute atomic E-state index is 12.4. The third kappa shape index (κ3) is 4.84. The second kappa shape index (κ2) is 8.69. The van der Waals surface area contributed by atoms with E-state index in [-0.39, 0.29) is 5.56 Å². The highest BCUT2D eigenvalue weighted by Crippen LogP contribution is 2.32. The topological polar surface area (TPSA) is 122 Å². The molecule has 132 valence electrons. The number of urea groups is 1. The molecule has 8 heteroatoms. The highest BCUT2D eigenvalue weighted by atomic mass is 32.2. The van der Waals surface area contributed by atoms with Crippen molar-refractivity contribution < 1.29 is 19.1 Å². The molecular weight excluding hydrogens is 354 g/mol. The zero-order valence-electron chi connectivity index (χ0n) is 13.8. The third-order valence-corrected chi connectivity index (χ3v) is 4.39. The van der Waals surface area contributed by atoms with E-state index < -0.39 is 24.0 Å². The maximum atomic E-state index is 12.4. The van der Waals surface area contributed by atoms with Crippen molar-refractivity contribution in [2.75, 3.05) is 0 Å². The number of ether oxygens (including phenoxy) is 1. The van der Waals surface area contributed by atoms with Crippen LogP contribution in [-0.4, -0.2) is 24.0 Å². The number of nitrogens with one attached hydrogen (secondary N) is 1. The number of hydrogen-bond acceptors (Lipinski definition) is 6. The second-order valence-corrected chi connectivity index (χ2v) is 6.19. The van der Waals surface area contributed by atoms with Gasteiger partial charge in [0, 0.05) is 9.79 Å². The fourth-order valence-electron chi connectivity index (χ4n) is 1.99. The summed E-state index contributed by atoms with van der Waals surface area (Å²) in [5.41, 5.74) is 5.59. The van der Waals surface area contributed by atoms with Gasteiger partial charge in [-0.3, -0.25) is 10.1 Å². The van der Waals surface area contributed by atoms with Gasteiger partial charge in [-0.25, -0.2) is 9.59 Å². The van der Waals surface area contributed by atoms with E-state index in [4.69, 9.17) is 10.5 Å². The van der Waals surface area contributed by atoms with Crippen LogP contribution in [0.5, 0.6) is 0 Å². The SMILES string of the molecule is C[C@H](OC(=O)c1ccccc1Sc1ccccc1C#N)C(=O)NC(N)=O. The molecule has 0 saturated carbocycles. The molecule has 2 rings (SSSR count). The van der Waals surface area contributed by atoms with Crippen LogP contribution in [-0.2, 0) is 9.53 Å². The average Bonchev–Trinajstić information content (AvgIpc) is 2.62. The summed E-state index contributed by atoms with van der Waals surface area (Å²) in [4.78, 5) is 36.0. The predicted molar refractivity (Wildman–Crippen MR) is 94.3 cm³/mol. The van der Waals surface area contributed by atoms with Crippen molar-refractivity contribution in [2.45, 2.75) is 22.8 Å². The Bertz CT molecular complexity index is 892. The van der Waals surface area contributed by atoms with Gasteiger partial charge < -0.3 is 10.5 Å². The van der Waals surface area contributed by atoms with Crippen LogP contribution in [0.2, 0.25) is 0 Å². The highest BCUT2D eigenvalue weighted by Gasteiger charge is 2.22. The van der Waals surface area contributed by atoms with Crippen LogP contribution in [0.1, 0.15) is 22.8 Å². The van der Waals surface area contributed by atoms with Crippen LogP contribution in [0.4, 0.5) is 4.79 Å². The smallest absolute Gasteiger partial charge is 0.340 e. The zero-order chi connectivity index (χ0) is 19.1. The molecule has 0 bridgehead atoms. The molecule has 0 saturated heterocycles. The van der Waals surface area contributed by atoms with Crippen molar-refractivity contribution >= 4 is 29.7 Å². The standard InChI is InChI=1S/C18H15N3O4S/c1-11(16(22)21-18(20)24)25-17(23)13-7-3-5-9-15(13)26-14-8-4-2-6-12(14)10-19/h2-9,11H,1H3,(H3,20,21,22,24)/t11-/m0/s1. The number of carbonyl (C=O) groups excluding carboxylic acids is 3. The quantitative estimate of drug-likeness (QED) is 0.781. The maximum Gasteiger partial charge on any atom is 0.340 e. The van der Waals surface area contributed by atoms with Crippen molar-refractivity contribution in [3.05, 3.63) is 59.7 Å². The van der Waals surface area contributed by atoms with Crippen molar-refractivity contribution in [1.29, 1.82) is 5.26 Å². The van der Waals surface area contributed by atoms with Crippen LogP contribution >= 0.6 is 11.8 Å². The molecule has 2 aromatic carbocycles. The van der Waals surface area contributed by atoms with Crippen LogP contribution in [0.15, 0.2) is 58.3 Å². The average molecular weight is 369 g/mol. The van der Waals surface area contributed by atoms with Gasteiger partial charge in [-0.1, -0.05) is 36.0 Å². The molecule has 0 unspecified atom stereocenters.